The minimum absolute atomic E-state index is 0.308. The van der Waals surface area contributed by atoms with E-state index in [0.717, 1.165) is 18.4 Å². The van der Waals surface area contributed by atoms with E-state index in [1.807, 2.05) is 0 Å². The van der Waals surface area contributed by atoms with Crippen LogP contribution < -0.4 is 5.32 Å². The Bertz CT molecular complexity index is 384. The van der Waals surface area contributed by atoms with Crippen LogP contribution in [0.15, 0.2) is 18.2 Å². The number of nitrogens with zero attached hydrogens (tertiary/aromatic N) is 1. The third kappa shape index (κ3) is 3.62. The maximum atomic E-state index is 12.4. The molecule has 1 aliphatic carbocycles. The maximum absolute atomic E-state index is 12.4. The fourth-order valence-electron chi connectivity index (χ4n) is 2.39. The number of rotatable bonds is 4. The van der Waals surface area contributed by atoms with E-state index in [9.17, 15) is 13.2 Å². The third-order valence-electron chi connectivity index (χ3n) is 3.37. The molecule has 5 heteroatoms. The van der Waals surface area contributed by atoms with Crippen molar-refractivity contribution < 1.29 is 13.2 Å². The molecule has 0 aliphatic heterocycles. The Kier molecular flexibility index (Phi) is 4.09. The van der Waals surface area contributed by atoms with Crippen molar-refractivity contribution in [1.82, 2.24) is 4.98 Å². The molecule has 1 aliphatic rings. The van der Waals surface area contributed by atoms with Crippen molar-refractivity contribution in [2.24, 2.45) is 5.92 Å². The van der Waals surface area contributed by atoms with Crippen LogP contribution in [0.4, 0.5) is 19.0 Å². The summed E-state index contributed by atoms with van der Waals surface area (Å²) < 4.78 is 37.3. The van der Waals surface area contributed by atoms with Crippen LogP contribution in [0, 0.1) is 5.92 Å². The number of pyridine rings is 1. The predicted molar refractivity (Wildman–Crippen MR) is 64.3 cm³/mol. The average Bonchev–Trinajstić information content (AvgIpc) is 2.81. The zero-order chi connectivity index (χ0) is 13.0. The van der Waals surface area contributed by atoms with Gasteiger partial charge < -0.3 is 5.32 Å². The molecule has 0 amide bonds. The summed E-state index contributed by atoms with van der Waals surface area (Å²) in [6.45, 7) is 0.693. The number of anilines is 1. The highest BCUT2D eigenvalue weighted by molar-refractivity contribution is 5.35. The van der Waals surface area contributed by atoms with Gasteiger partial charge in [-0.3, -0.25) is 0 Å². The van der Waals surface area contributed by atoms with Crippen LogP contribution in [0.3, 0.4) is 0 Å². The van der Waals surface area contributed by atoms with Crippen LogP contribution in [0.25, 0.3) is 0 Å². The largest absolute Gasteiger partial charge is 0.433 e. The zero-order valence-electron chi connectivity index (χ0n) is 10.1. The highest BCUT2D eigenvalue weighted by atomic mass is 19.4. The summed E-state index contributed by atoms with van der Waals surface area (Å²) in [7, 11) is 0. The molecule has 2 nitrogen and oxygen atoms in total. The van der Waals surface area contributed by atoms with Gasteiger partial charge in [-0.2, -0.15) is 13.2 Å². The molecule has 0 bridgehead atoms. The zero-order valence-corrected chi connectivity index (χ0v) is 10.1. The Labute approximate surface area is 105 Å². The minimum atomic E-state index is -4.37. The molecule has 1 heterocycles. The second kappa shape index (κ2) is 5.59. The normalized spacial score (nSPS) is 17.1. The van der Waals surface area contributed by atoms with E-state index in [-0.39, 0.29) is 0 Å². The van der Waals surface area contributed by atoms with Crippen molar-refractivity contribution in [3.05, 3.63) is 23.9 Å². The fraction of sp³-hybridized carbons (Fsp3) is 0.615. The number of aromatic nitrogens is 1. The molecule has 0 unspecified atom stereocenters. The van der Waals surface area contributed by atoms with Gasteiger partial charge in [0.25, 0.3) is 0 Å². The summed E-state index contributed by atoms with van der Waals surface area (Å²) in [5.74, 6) is 1.03. The monoisotopic (exact) mass is 258 g/mol. The summed E-state index contributed by atoms with van der Waals surface area (Å²) in [4.78, 5) is 3.57. The van der Waals surface area contributed by atoms with E-state index in [1.165, 1.54) is 31.7 Å². The fourth-order valence-corrected chi connectivity index (χ4v) is 2.39. The molecule has 0 atom stereocenters. The van der Waals surface area contributed by atoms with Crippen molar-refractivity contribution >= 4 is 5.82 Å². The van der Waals surface area contributed by atoms with E-state index < -0.39 is 11.9 Å². The number of halogens is 3. The van der Waals surface area contributed by atoms with Gasteiger partial charge in [0.15, 0.2) is 0 Å². The topological polar surface area (TPSA) is 24.9 Å². The van der Waals surface area contributed by atoms with Crippen molar-refractivity contribution in [3.8, 4) is 0 Å². The first kappa shape index (κ1) is 13.2. The lowest BCUT2D eigenvalue weighted by Crippen LogP contribution is -2.12. The molecule has 18 heavy (non-hydrogen) atoms. The van der Waals surface area contributed by atoms with Crippen LogP contribution in [0.1, 0.15) is 37.8 Å². The first-order valence-electron chi connectivity index (χ1n) is 6.34. The van der Waals surface area contributed by atoms with Gasteiger partial charge in [0.2, 0.25) is 0 Å². The summed E-state index contributed by atoms with van der Waals surface area (Å²) in [6, 6.07) is 3.94. The SMILES string of the molecule is FC(F)(F)c1cccc(NCCC2CCCC2)n1. The number of nitrogens with one attached hydrogen (secondary N) is 1. The van der Waals surface area contributed by atoms with Gasteiger partial charge in [-0.05, 0) is 24.5 Å². The Morgan fingerprint density at radius 1 is 1.22 bits per heavy atom. The molecule has 1 aromatic heterocycles. The molecule has 1 aromatic rings. The molecule has 100 valence electrons. The van der Waals surface area contributed by atoms with Crippen molar-refractivity contribution in [3.63, 3.8) is 0 Å². The van der Waals surface area contributed by atoms with E-state index >= 15 is 0 Å². The van der Waals surface area contributed by atoms with Crippen molar-refractivity contribution in [2.45, 2.75) is 38.3 Å². The van der Waals surface area contributed by atoms with Crippen LogP contribution in [-0.2, 0) is 6.18 Å². The summed E-state index contributed by atoms with van der Waals surface area (Å²) in [5.41, 5.74) is -0.839. The number of alkyl halides is 3. The predicted octanol–water partition coefficient (Wildman–Crippen LogP) is 4.09. The molecule has 0 aromatic carbocycles. The van der Waals surface area contributed by atoms with Crippen LogP contribution in [0.5, 0.6) is 0 Å². The molecule has 0 radical (unpaired) electrons. The molecule has 1 saturated carbocycles. The van der Waals surface area contributed by atoms with Gasteiger partial charge in [0.1, 0.15) is 11.5 Å². The first-order chi connectivity index (χ1) is 8.55. The molecular weight excluding hydrogens is 241 g/mol. The lowest BCUT2D eigenvalue weighted by atomic mass is 10.0. The van der Waals surface area contributed by atoms with Gasteiger partial charge in [-0.1, -0.05) is 31.7 Å². The third-order valence-corrected chi connectivity index (χ3v) is 3.37. The first-order valence-corrected chi connectivity index (χ1v) is 6.34. The lowest BCUT2D eigenvalue weighted by molar-refractivity contribution is -0.141. The molecule has 0 spiro atoms. The second-order valence-electron chi connectivity index (χ2n) is 4.77. The Morgan fingerprint density at radius 2 is 1.94 bits per heavy atom. The van der Waals surface area contributed by atoms with Gasteiger partial charge in [0, 0.05) is 6.54 Å². The molecule has 1 N–H and O–H groups in total. The molecular formula is C13H17F3N2. The van der Waals surface area contributed by atoms with Crippen LogP contribution in [0.2, 0.25) is 0 Å². The second-order valence-corrected chi connectivity index (χ2v) is 4.77. The Hall–Kier alpha value is -1.26. The van der Waals surface area contributed by atoms with E-state index in [2.05, 4.69) is 10.3 Å². The van der Waals surface area contributed by atoms with Crippen molar-refractivity contribution in [1.29, 1.82) is 0 Å². The number of hydrogen-bond acceptors (Lipinski definition) is 2. The maximum Gasteiger partial charge on any atom is 0.433 e. The summed E-state index contributed by atoms with van der Waals surface area (Å²) in [6.07, 6.45) is 1.70. The van der Waals surface area contributed by atoms with Crippen LogP contribution in [-0.4, -0.2) is 11.5 Å². The Balaban J connectivity index is 1.85. The van der Waals surface area contributed by atoms with Gasteiger partial charge in [-0.25, -0.2) is 4.98 Å². The molecule has 1 fully saturated rings. The minimum Gasteiger partial charge on any atom is -0.370 e. The van der Waals surface area contributed by atoms with Gasteiger partial charge in [-0.15, -0.1) is 0 Å². The standard InChI is InChI=1S/C13H17F3N2/c14-13(15,16)11-6-3-7-12(18-11)17-9-8-10-4-1-2-5-10/h3,6-7,10H,1-2,4-5,8-9H2,(H,17,18). The summed E-state index contributed by atoms with van der Waals surface area (Å²) in [5, 5.41) is 2.97. The average molecular weight is 258 g/mol. The van der Waals surface area contributed by atoms with Crippen LogP contribution >= 0.6 is 0 Å². The van der Waals surface area contributed by atoms with E-state index in [1.54, 1.807) is 6.07 Å². The Morgan fingerprint density at radius 3 is 2.61 bits per heavy atom. The molecule has 0 saturated heterocycles. The molecule has 2 rings (SSSR count). The van der Waals surface area contributed by atoms with E-state index in [0.29, 0.717) is 12.4 Å². The smallest absolute Gasteiger partial charge is 0.370 e. The quantitative estimate of drug-likeness (QED) is 0.879. The summed E-state index contributed by atoms with van der Waals surface area (Å²) >= 11 is 0. The van der Waals surface area contributed by atoms with E-state index in [4.69, 9.17) is 0 Å². The van der Waals surface area contributed by atoms with Gasteiger partial charge >= 0.3 is 6.18 Å². The van der Waals surface area contributed by atoms with Crippen molar-refractivity contribution in [2.75, 3.05) is 11.9 Å². The lowest BCUT2D eigenvalue weighted by Gasteiger charge is -2.11. The number of hydrogen-bond donors (Lipinski definition) is 1. The van der Waals surface area contributed by atoms with Gasteiger partial charge in [0.05, 0.1) is 0 Å². The highest BCUT2D eigenvalue weighted by Gasteiger charge is 2.32. The highest BCUT2D eigenvalue weighted by Crippen LogP contribution is 2.29.